The smallest absolute Gasteiger partial charge is 0.316 e. The Kier molecular flexibility index (Phi) is 10.9. The minimum absolute atomic E-state index is 0.0829. The number of rotatable bonds is 6. The standard InChI is InChI=1S/C27H38N4O8/c1-5-14(2)23-27(37)38-16(4)20(31-25(35)21-19(32)9-7-11-29-21)24(34)30-18(12-17-8-6-10-28-13-17)22(33)15(3)26(36)39-23/h6-11,13,15-16,18,20,22,24-25,27,30-35,37H,5,12H2,1-4H3/t15-,16-,18+,20+,22+,24+,25-,27?/m1/s1. The highest BCUT2D eigenvalue weighted by Crippen LogP contribution is 2.25. The molecule has 12 nitrogen and oxygen atoms in total. The second-order valence-electron chi connectivity index (χ2n) is 9.68. The highest BCUT2D eigenvalue weighted by molar-refractivity contribution is 5.74. The van der Waals surface area contributed by atoms with Crippen LogP contribution in [-0.2, 0) is 20.7 Å². The molecule has 0 aromatic carbocycles. The van der Waals surface area contributed by atoms with E-state index in [1.165, 1.54) is 25.3 Å². The Morgan fingerprint density at radius 2 is 1.90 bits per heavy atom. The molecule has 1 fully saturated rings. The van der Waals surface area contributed by atoms with Crippen molar-refractivity contribution in [2.45, 2.75) is 83.6 Å². The van der Waals surface area contributed by atoms with Crippen LogP contribution in [-0.4, -0.2) is 78.3 Å². The zero-order chi connectivity index (χ0) is 28.7. The van der Waals surface area contributed by atoms with E-state index in [1.807, 2.05) is 6.92 Å². The second-order valence-corrected chi connectivity index (χ2v) is 9.68. The summed E-state index contributed by atoms with van der Waals surface area (Å²) in [5.74, 6) is -2.21. The molecule has 8 atom stereocenters. The number of pyridine rings is 2. The molecule has 214 valence electrons. The molecule has 2 aromatic heterocycles. The third-order valence-corrected chi connectivity index (χ3v) is 6.86. The molecular formula is C27H38N4O8. The topological polar surface area (TPSA) is 187 Å². The first-order valence-corrected chi connectivity index (χ1v) is 12.9. The molecule has 39 heavy (non-hydrogen) atoms. The third kappa shape index (κ3) is 7.79. The Hall–Kier alpha value is -2.97. The van der Waals surface area contributed by atoms with Gasteiger partial charge in [-0.25, -0.2) is 0 Å². The zero-order valence-electron chi connectivity index (χ0n) is 22.4. The van der Waals surface area contributed by atoms with Gasteiger partial charge in [-0.2, -0.15) is 0 Å². The van der Waals surface area contributed by atoms with Gasteiger partial charge in [-0.15, -0.1) is 0 Å². The summed E-state index contributed by atoms with van der Waals surface area (Å²) in [5.41, 5.74) is 1.20. The highest BCUT2D eigenvalue weighted by Gasteiger charge is 2.39. The van der Waals surface area contributed by atoms with Crippen LogP contribution in [0.5, 0.6) is 5.75 Å². The van der Waals surface area contributed by atoms with Crippen LogP contribution >= 0.6 is 0 Å². The average Bonchev–Trinajstić information content (AvgIpc) is 2.92. The van der Waals surface area contributed by atoms with Crippen LogP contribution in [0, 0.1) is 5.92 Å². The normalized spacial score (nSPS) is 31.0. The summed E-state index contributed by atoms with van der Waals surface area (Å²) >= 11 is 0. The third-order valence-electron chi connectivity index (χ3n) is 6.86. The van der Waals surface area contributed by atoms with E-state index in [1.54, 1.807) is 38.4 Å². The van der Waals surface area contributed by atoms with Crippen LogP contribution in [0.15, 0.2) is 54.2 Å². The van der Waals surface area contributed by atoms with Gasteiger partial charge in [0.05, 0.1) is 24.2 Å². The van der Waals surface area contributed by atoms with Crippen molar-refractivity contribution in [2.24, 2.45) is 5.92 Å². The molecule has 7 N–H and O–H groups in total. The maximum absolute atomic E-state index is 13.0. The summed E-state index contributed by atoms with van der Waals surface area (Å²) in [6.45, 7) is 6.52. The van der Waals surface area contributed by atoms with E-state index >= 15 is 0 Å². The van der Waals surface area contributed by atoms with Gasteiger partial charge in [-0.05, 0) is 62.9 Å². The maximum Gasteiger partial charge on any atom is 0.316 e. The lowest BCUT2D eigenvalue weighted by atomic mass is 9.92. The van der Waals surface area contributed by atoms with E-state index in [9.17, 15) is 30.3 Å². The van der Waals surface area contributed by atoms with Crippen LogP contribution < -0.4 is 10.6 Å². The van der Waals surface area contributed by atoms with E-state index in [0.29, 0.717) is 12.0 Å². The summed E-state index contributed by atoms with van der Waals surface area (Å²) < 4.78 is 11.3. The number of aromatic hydroxyl groups is 1. The van der Waals surface area contributed by atoms with Crippen molar-refractivity contribution in [1.82, 2.24) is 20.6 Å². The van der Waals surface area contributed by atoms with Crippen molar-refractivity contribution in [2.75, 3.05) is 0 Å². The number of cyclic esters (lactones) is 1. The van der Waals surface area contributed by atoms with E-state index in [0.717, 1.165) is 5.56 Å². The van der Waals surface area contributed by atoms with Gasteiger partial charge in [-0.1, -0.05) is 13.0 Å². The van der Waals surface area contributed by atoms with Crippen molar-refractivity contribution in [3.63, 3.8) is 0 Å². The molecule has 12 heteroatoms. The van der Waals surface area contributed by atoms with E-state index in [4.69, 9.17) is 9.47 Å². The monoisotopic (exact) mass is 546 g/mol. The van der Waals surface area contributed by atoms with Crippen LogP contribution in [0.3, 0.4) is 0 Å². The van der Waals surface area contributed by atoms with Crippen LogP contribution in [0.25, 0.3) is 0 Å². The number of nitrogens with one attached hydrogen (secondary N) is 2. The Labute approximate surface area is 227 Å². The SMILES string of the molecule is CCC(C)=C1OC(=O)[C@H](C)[C@H](O)[C@H](Cc2cccnc2)N[C@@H](O)[C@@H](N[C@H](O)c2ncccc2O)[C@@H](C)OC1O. The predicted octanol–water partition coefficient (Wildman–Crippen LogP) is 0.612. The van der Waals surface area contributed by atoms with Crippen LogP contribution in [0.4, 0.5) is 0 Å². The van der Waals surface area contributed by atoms with Gasteiger partial charge in [0.15, 0.2) is 12.0 Å². The molecule has 0 radical (unpaired) electrons. The van der Waals surface area contributed by atoms with Crippen LogP contribution in [0.2, 0.25) is 0 Å². The number of hydrogen-bond donors (Lipinski definition) is 7. The predicted molar refractivity (Wildman–Crippen MR) is 139 cm³/mol. The first-order chi connectivity index (χ1) is 18.5. The van der Waals surface area contributed by atoms with Crippen molar-refractivity contribution < 1.29 is 39.8 Å². The van der Waals surface area contributed by atoms with E-state index in [2.05, 4.69) is 20.6 Å². The largest absolute Gasteiger partial charge is 0.506 e. The fourth-order valence-corrected chi connectivity index (χ4v) is 4.30. The molecule has 0 saturated carbocycles. The van der Waals surface area contributed by atoms with E-state index in [-0.39, 0.29) is 23.6 Å². The molecule has 0 amide bonds. The van der Waals surface area contributed by atoms with Crippen molar-refractivity contribution >= 4 is 5.97 Å². The quantitative estimate of drug-likeness (QED) is 0.198. The Morgan fingerprint density at radius 1 is 1.18 bits per heavy atom. The minimum atomic E-state index is -1.68. The molecule has 3 rings (SSSR count). The first-order valence-electron chi connectivity index (χ1n) is 12.9. The second kappa shape index (κ2) is 13.9. The maximum atomic E-state index is 13.0. The number of aromatic nitrogens is 2. The van der Waals surface area contributed by atoms with Gasteiger partial charge in [0.1, 0.15) is 17.7 Å². The molecule has 2 aromatic rings. The average molecular weight is 547 g/mol. The molecule has 1 aliphatic rings. The number of allylic oxidation sites excluding steroid dienone is 1. The van der Waals surface area contributed by atoms with Crippen LogP contribution in [0.1, 0.15) is 51.6 Å². The summed E-state index contributed by atoms with van der Waals surface area (Å²) in [6, 6.07) is 4.39. The molecule has 3 heterocycles. The van der Waals surface area contributed by atoms with E-state index < -0.39 is 54.9 Å². The number of nitrogens with zero attached hydrogens (tertiary/aromatic N) is 2. The number of aliphatic hydroxyl groups is 4. The molecule has 0 spiro atoms. The molecule has 0 bridgehead atoms. The van der Waals surface area contributed by atoms with Gasteiger partial charge in [0.2, 0.25) is 6.29 Å². The molecule has 1 saturated heterocycles. The lowest BCUT2D eigenvalue weighted by molar-refractivity contribution is -0.174. The summed E-state index contributed by atoms with van der Waals surface area (Å²) in [7, 11) is 0. The van der Waals surface area contributed by atoms with Gasteiger partial charge in [0.25, 0.3) is 0 Å². The number of hydrogen-bond acceptors (Lipinski definition) is 12. The summed E-state index contributed by atoms with van der Waals surface area (Å²) in [5, 5.41) is 60.2. The van der Waals surface area contributed by atoms with Crippen molar-refractivity contribution in [1.29, 1.82) is 0 Å². The fourth-order valence-electron chi connectivity index (χ4n) is 4.30. The number of ether oxygens (including phenoxy) is 2. The Bertz CT molecular complexity index is 1120. The summed E-state index contributed by atoms with van der Waals surface area (Å²) in [6.07, 6.45) is -1.79. The minimum Gasteiger partial charge on any atom is -0.506 e. The lowest BCUT2D eigenvalue weighted by Crippen LogP contribution is -2.61. The van der Waals surface area contributed by atoms with Crippen molar-refractivity contribution in [3.8, 4) is 5.75 Å². The van der Waals surface area contributed by atoms with Crippen molar-refractivity contribution in [3.05, 3.63) is 65.4 Å². The van der Waals surface area contributed by atoms with Gasteiger partial charge < -0.3 is 35.0 Å². The fraction of sp³-hybridized carbons (Fsp3) is 0.519. The first kappa shape index (κ1) is 30.6. The Balaban J connectivity index is 2.01. The Morgan fingerprint density at radius 3 is 2.54 bits per heavy atom. The lowest BCUT2D eigenvalue weighted by Gasteiger charge is -2.37. The van der Waals surface area contributed by atoms with Gasteiger partial charge in [-0.3, -0.25) is 25.4 Å². The molecular weight excluding hydrogens is 508 g/mol. The molecule has 1 unspecified atom stereocenters. The number of esters is 1. The molecule has 0 aliphatic carbocycles. The summed E-state index contributed by atoms with van der Waals surface area (Å²) in [4.78, 5) is 21.1. The van der Waals surface area contributed by atoms with Gasteiger partial charge >= 0.3 is 5.97 Å². The zero-order valence-corrected chi connectivity index (χ0v) is 22.4. The number of aliphatic hydroxyl groups excluding tert-OH is 4. The van der Waals surface area contributed by atoms with Gasteiger partial charge in [0, 0.05) is 24.6 Å². The number of carbonyl (C=O) groups excluding carboxylic acids is 1. The molecule has 1 aliphatic heterocycles. The number of carbonyl (C=O) groups is 1. The highest BCUT2D eigenvalue weighted by atomic mass is 16.6.